The summed E-state index contributed by atoms with van der Waals surface area (Å²) < 4.78 is 0. The summed E-state index contributed by atoms with van der Waals surface area (Å²) in [6, 6.07) is 9.43. The molecule has 1 aromatic carbocycles. The Kier molecular flexibility index (Phi) is 3.25. The van der Waals surface area contributed by atoms with Crippen LogP contribution in [0.4, 0.5) is 11.6 Å². The molecule has 5 rings (SSSR count). The van der Waals surface area contributed by atoms with Crippen molar-refractivity contribution in [1.29, 1.82) is 0 Å². The molecule has 1 aliphatic heterocycles. The first-order valence-electron chi connectivity index (χ1n) is 9.25. The van der Waals surface area contributed by atoms with Gasteiger partial charge >= 0.3 is 0 Å². The van der Waals surface area contributed by atoms with E-state index in [9.17, 15) is 0 Å². The predicted molar refractivity (Wildman–Crippen MR) is 96.6 cm³/mol. The molecule has 0 bridgehead atoms. The van der Waals surface area contributed by atoms with Crippen molar-refractivity contribution in [3.8, 4) is 0 Å². The lowest BCUT2D eigenvalue weighted by molar-refractivity contribution is 0.710. The Bertz CT molecular complexity index is 777. The summed E-state index contributed by atoms with van der Waals surface area (Å²) in [5.41, 5.74) is 4.14. The van der Waals surface area contributed by atoms with E-state index in [2.05, 4.69) is 41.4 Å². The molecular formula is C20H24N4. The van der Waals surface area contributed by atoms with Crippen LogP contribution in [0.3, 0.4) is 0 Å². The van der Waals surface area contributed by atoms with E-state index in [1.54, 1.807) is 0 Å². The maximum absolute atomic E-state index is 4.99. The first-order chi connectivity index (χ1) is 11.8. The Morgan fingerprint density at radius 2 is 1.83 bits per heavy atom. The van der Waals surface area contributed by atoms with Crippen molar-refractivity contribution in [2.24, 2.45) is 0 Å². The van der Waals surface area contributed by atoms with Crippen LogP contribution in [-0.4, -0.2) is 22.6 Å². The zero-order valence-corrected chi connectivity index (χ0v) is 14.3. The average Bonchev–Trinajstić information content (AvgIpc) is 3.50. The molecule has 124 valence electrons. The number of nitrogens with zero attached hydrogens (tertiary/aromatic N) is 3. The van der Waals surface area contributed by atoms with Gasteiger partial charge in [0.1, 0.15) is 17.5 Å². The van der Waals surface area contributed by atoms with Gasteiger partial charge in [0.05, 0.1) is 0 Å². The molecule has 4 nitrogen and oxygen atoms in total. The van der Waals surface area contributed by atoms with Crippen LogP contribution in [0.15, 0.2) is 24.3 Å². The maximum Gasteiger partial charge on any atom is 0.137 e. The lowest BCUT2D eigenvalue weighted by atomic mass is 9.99. The van der Waals surface area contributed by atoms with Crippen LogP contribution in [0.25, 0.3) is 0 Å². The monoisotopic (exact) mass is 320 g/mol. The summed E-state index contributed by atoms with van der Waals surface area (Å²) in [4.78, 5) is 12.3. The molecule has 4 heteroatoms. The maximum atomic E-state index is 4.99. The van der Waals surface area contributed by atoms with Gasteiger partial charge in [-0.2, -0.15) is 0 Å². The van der Waals surface area contributed by atoms with Gasteiger partial charge < -0.3 is 10.2 Å². The summed E-state index contributed by atoms with van der Waals surface area (Å²) in [7, 11) is 0. The highest BCUT2D eigenvalue weighted by Gasteiger charge is 2.31. The van der Waals surface area contributed by atoms with E-state index in [1.807, 2.05) is 0 Å². The first kappa shape index (κ1) is 14.3. The molecule has 0 unspecified atom stereocenters. The molecule has 0 spiro atoms. The van der Waals surface area contributed by atoms with Crippen LogP contribution < -0.4 is 10.2 Å². The van der Waals surface area contributed by atoms with Crippen LogP contribution in [0.5, 0.6) is 0 Å². The fourth-order valence-electron chi connectivity index (χ4n) is 3.59. The van der Waals surface area contributed by atoms with E-state index in [-0.39, 0.29) is 0 Å². The van der Waals surface area contributed by atoms with Crippen LogP contribution in [0.1, 0.15) is 54.1 Å². The molecule has 24 heavy (non-hydrogen) atoms. The first-order valence-corrected chi connectivity index (χ1v) is 9.25. The minimum Gasteiger partial charge on any atom is -0.367 e. The summed E-state index contributed by atoms with van der Waals surface area (Å²) >= 11 is 0. The Morgan fingerprint density at radius 3 is 2.58 bits per heavy atom. The number of nitrogens with one attached hydrogen (secondary N) is 1. The second-order valence-electron chi connectivity index (χ2n) is 7.51. The zero-order valence-electron chi connectivity index (χ0n) is 14.3. The normalized spacial score (nSPS) is 20.0. The van der Waals surface area contributed by atoms with Gasteiger partial charge in [0, 0.05) is 30.6 Å². The van der Waals surface area contributed by atoms with Crippen molar-refractivity contribution in [1.82, 2.24) is 9.97 Å². The van der Waals surface area contributed by atoms with Crippen molar-refractivity contribution in [2.45, 2.75) is 57.5 Å². The molecule has 0 saturated heterocycles. The fourth-order valence-corrected chi connectivity index (χ4v) is 3.59. The zero-order chi connectivity index (χ0) is 16.1. The van der Waals surface area contributed by atoms with E-state index in [1.165, 1.54) is 42.4 Å². The number of fused-ring (bicyclic) bond motifs is 1. The number of benzene rings is 1. The largest absolute Gasteiger partial charge is 0.367 e. The molecule has 2 fully saturated rings. The smallest absolute Gasteiger partial charge is 0.137 e. The van der Waals surface area contributed by atoms with Crippen molar-refractivity contribution >= 4 is 11.6 Å². The predicted octanol–water partition coefficient (Wildman–Crippen LogP) is 3.80. The molecule has 1 N–H and O–H groups in total. The molecule has 0 amide bonds. The highest BCUT2D eigenvalue weighted by Crippen LogP contribution is 2.41. The third kappa shape index (κ3) is 2.64. The Hall–Kier alpha value is -2.10. The minimum absolute atomic E-state index is 0.584. The van der Waals surface area contributed by atoms with E-state index >= 15 is 0 Å². The number of hydrogen-bond acceptors (Lipinski definition) is 4. The number of anilines is 2. The van der Waals surface area contributed by atoms with E-state index in [4.69, 9.17) is 9.97 Å². The van der Waals surface area contributed by atoms with Gasteiger partial charge in [0.15, 0.2) is 0 Å². The van der Waals surface area contributed by atoms with E-state index < -0.39 is 0 Å². The Labute approximate surface area is 143 Å². The fraction of sp³-hybridized carbons (Fsp3) is 0.500. The molecule has 2 aromatic rings. The van der Waals surface area contributed by atoms with Crippen LogP contribution in [-0.2, 0) is 13.0 Å². The highest BCUT2D eigenvalue weighted by molar-refractivity contribution is 5.60. The molecular weight excluding hydrogens is 296 g/mol. The molecule has 2 aliphatic carbocycles. The molecule has 1 aromatic heterocycles. The lowest BCUT2D eigenvalue weighted by Crippen LogP contribution is -2.32. The molecule has 0 atom stereocenters. The SMILES string of the molecule is Cc1c(NC2CC2)nc(C2CC2)nc1N1CCc2ccccc2C1. The van der Waals surface area contributed by atoms with Gasteiger partial charge in [-0.1, -0.05) is 24.3 Å². The van der Waals surface area contributed by atoms with Gasteiger partial charge in [0.2, 0.25) is 0 Å². The second kappa shape index (κ2) is 5.47. The van der Waals surface area contributed by atoms with Crippen molar-refractivity contribution in [2.75, 3.05) is 16.8 Å². The van der Waals surface area contributed by atoms with Crippen LogP contribution in [0, 0.1) is 6.92 Å². The standard InChI is InChI=1S/C20H24N4/c1-13-18(21-17-8-9-17)22-19(15-6-7-15)23-20(13)24-11-10-14-4-2-3-5-16(14)12-24/h2-5,15,17H,6-12H2,1H3,(H,21,22,23). The third-order valence-electron chi connectivity index (χ3n) is 5.43. The molecule has 2 saturated carbocycles. The van der Waals surface area contributed by atoms with Gasteiger partial charge in [0.25, 0.3) is 0 Å². The minimum atomic E-state index is 0.584. The van der Waals surface area contributed by atoms with Gasteiger partial charge in [-0.25, -0.2) is 9.97 Å². The quantitative estimate of drug-likeness (QED) is 0.930. The molecule has 0 radical (unpaired) electrons. The van der Waals surface area contributed by atoms with Gasteiger partial charge in [-0.15, -0.1) is 0 Å². The van der Waals surface area contributed by atoms with Crippen LogP contribution in [0.2, 0.25) is 0 Å². The Balaban J connectivity index is 1.51. The highest BCUT2D eigenvalue weighted by atomic mass is 15.2. The topological polar surface area (TPSA) is 41.1 Å². The lowest BCUT2D eigenvalue weighted by Gasteiger charge is -2.31. The van der Waals surface area contributed by atoms with Crippen LogP contribution >= 0.6 is 0 Å². The Morgan fingerprint density at radius 1 is 1.04 bits per heavy atom. The molecule has 2 heterocycles. The molecule has 3 aliphatic rings. The van der Waals surface area contributed by atoms with E-state index in [0.717, 1.165) is 37.0 Å². The number of hydrogen-bond donors (Lipinski definition) is 1. The van der Waals surface area contributed by atoms with Gasteiger partial charge in [-0.05, 0) is 50.2 Å². The summed E-state index contributed by atoms with van der Waals surface area (Å²) in [6.45, 7) is 4.18. The number of rotatable bonds is 4. The third-order valence-corrected chi connectivity index (χ3v) is 5.43. The summed E-state index contributed by atoms with van der Waals surface area (Å²) in [6.07, 6.45) is 6.13. The summed E-state index contributed by atoms with van der Waals surface area (Å²) in [5, 5.41) is 3.63. The average molecular weight is 320 g/mol. The van der Waals surface area contributed by atoms with Crippen molar-refractivity contribution < 1.29 is 0 Å². The van der Waals surface area contributed by atoms with Crippen molar-refractivity contribution in [3.05, 3.63) is 46.8 Å². The number of aromatic nitrogens is 2. The summed E-state index contributed by atoms with van der Waals surface area (Å²) in [5.74, 6) is 3.85. The van der Waals surface area contributed by atoms with Gasteiger partial charge in [-0.3, -0.25) is 0 Å². The second-order valence-corrected chi connectivity index (χ2v) is 7.51. The van der Waals surface area contributed by atoms with Crippen molar-refractivity contribution in [3.63, 3.8) is 0 Å². The van der Waals surface area contributed by atoms with E-state index in [0.29, 0.717) is 12.0 Å².